The number of Topliss-reactive ketones (excluding diaryl/α,β-unsaturated/α-hetero) is 1. The number of rotatable bonds is 5. The Bertz CT molecular complexity index is 590. The quantitative estimate of drug-likeness (QED) is 0.788. The summed E-state index contributed by atoms with van der Waals surface area (Å²) in [5.41, 5.74) is 2.68. The molecule has 0 bridgehead atoms. The van der Waals surface area contributed by atoms with Gasteiger partial charge in [-0.1, -0.05) is 41.1 Å². The maximum atomic E-state index is 12.4. The molecule has 100 valence electrons. The highest BCUT2D eigenvalue weighted by Gasteiger charge is 2.15. The van der Waals surface area contributed by atoms with Gasteiger partial charge in [0.25, 0.3) is 0 Å². The molecule has 2 rings (SSSR count). The average molecular weight is 321 g/mol. The summed E-state index contributed by atoms with van der Waals surface area (Å²) < 4.78 is 2.76. The SMILES string of the molecule is CCc1cc(C(=O)Cc2ccccc2Br)n(CC)n1. The molecule has 0 amide bonds. The summed E-state index contributed by atoms with van der Waals surface area (Å²) in [6.45, 7) is 4.77. The van der Waals surface area contributed by atoms with Crippen molar-refractivity contribution in [2.45, 2.75) is 33.2 Å². The predicted molar refractivity (Wildman–Crippen MR) is 79.5 cm³/mol. The van der Waals surface area contributed by atoms with Crippen LogP contribution in [-0.4, -0.2) is 15.6 Å². The number of benzene rings is 1. The van der Waals surface area contributed by atoms with Crippen LogP contribution in [0.4, 0.5) is 0 Å². The van der Waals surface area contributed by atoms with E-state index in [1.165, 1.54) is 0 Å². The van der Waals surface area contributed by atoms with Crippen molar-refractivity contribution in [1.29, 1.82) is 0 Å². The molecule has 1 aromatic carbocycles. The minimum Gasteiger partial charge on any atom is -0.292 e. The lowest BCUT2D eigenvalue weighted by Crippen LogP contribution is -2.11. The van der Waals surface area contributed by atoms with Crippen LogP contribution in [0.5, 0.6) is 0 Å². The van der Waals surface area contributed by atoms with Crippen molar-refractivity contribution in [3.05, 3.63) is 51.8 Å². The van der Waals surface area contributed by atoms with E-state index in [0.29, 0.717) is 12.1 Å². The number of carbonyl (C=O) groups excluding carboxylic acids is 1. The molecule has 0 fully saturated rings. The number of aryl methyl sites for hydroxylation is 2. The summed E-state index contributed by atoms with van der Waals surface area (Å²) in [4.78, 5) is 12.4. The third-order valence-corrected chi connectivity index (χ3v) is 3.86. The predicted octanol–water partition coefficient (Wildman–Crippen LogP) is 3.65. The first kappa shape index (κ1) is 14.0. The highest BCUT2D eigenvalue weighted by Crippen LogP contribution is 2.18. The second-order valence-corrected chi connectivity index (χ2v) is 5.24. The van der Waals surface area contributed by atoms with E-state index in [9.17, 15) is 4.79 Å². The van der Waals surface area contributed by atoms with Crippen LogP contribution in [0.15, 0.2) is 34.8 Å². The van der Waals surface area contributed by atoms with Gasteiger partial charge in [-0.2, -0.15) is 5.10 Å². The van der Waals surface area contributed by atoms with E-state index in [4.69, 9.17) is 0 Å². The summed E-state index contributed by atoms with van der Waals surface area (Å²) in [5, 5.41) is 4.42. The van der Waals surface area contributed by atoms with Crippen LogP contribution in [-0.2, 0) is 19.4 Å². The van der Waals surface area contributed by atoms with Crippen molar-refractivity contribution in [3.63, 3.8) is 0 Å². The Morgan fingerprint density at radius 3 is 2.68 bits per heavy atom. The summed E-state index contributed by atoms with van der Waals surface area (Å²) in [6.07, 6.45) is 1.25. The Balaban J connectivity index is 2.25. The summed E-state index contributed by atoms with van der Waals surface area (Å²) in [6, 6.07) is 9.72. The maximum Gasteiger partial charge on any atom is 0.185 e. The maximum absolute atomic E-state index is 12.4. The number of hydrogen-bond donors (Lipinski definition) is 0. The van der Waals surface area contributed by atoms with E-state index >= 15 is 0 Å². The van der Waals surface area contributed by atoms with Crippen LogP contribution in [0.3, 0.4) is 0 Å². The lowest BCUT2D eigenvalue weighted by molar-refractivity contribution is 0.0982. The Hall–Kier alpha value is -1.42. The molecule has 1 heterocycles. The van der Waals surface area contributed by atoms with Gasteiger partial charge in [-0.3, -0.25) is 9.48 Å². The first-order chi connectivity index (χ1) is 9.15. The molecular weight excluding hydrogens is 304 g/mol. The highest BCUT2D eigenvalue weighted by molar-refractivity contribution is 9.10. The molecule has 0 aliphatic heterocycles. The molecule has 2 aromatic rings. The van der Waals surface area contributed by atoms with E-state index in [0.717, 1.165) is 28.7 Å². The Morgan fingerprint density at radius 2 is 2.05 bits per heavy atom. The molecule has 19 heavy (non-hydrogen) atoms. The number of hydrogen-bond acceptors (Lipinski definition) is 2. The highest BCUT2D eigenvalue weighted by atomic mass is 79.9. The molecule has 0 saturated carbocycles. The molecular formula is C15H17BrN2O. The van der Waals surface area contributed by atoms with E-state index in [-0.39, 0.29) is 5.78 Å². The Morgan fingerprint density at radius 1 is 1.32 bits per heavy atom. The fraction of sp³-hybridized carbons (Fsp3) is 0.333. The van der Waals surface area contributed by atoms with Crippen LogP contribution >= 0.6 is 15.9 Å². The topological polar surface area (TPSA) is 34.9 Å². The van der Waals surface area contributed by atoms with Crippen molar-refractivity contribution in [3.8, 4) is 0 Å². The molecule has 0 aliphatic rings. The molecule has 0 aliphatic carbocycles. The second-order valence-electron chi connectivity index (χ2n) is 4.38. The normalized spacial score (nSPS) is 10.7. The van der Waals surface area contributed by atoms with Crippen molar-refractivity contribution >= 4 is 21.7 Å². The van der Waals surface area contributed by atoms with Gasteiger partial charge in [0.1, 0.15) is 5.69 Å². The zero-order valence-electron chi connectivity index (χ0n) is 11.2. The molecule has 0 unspecified atom stereocenters. The van der Waals surface area contributed by atoms with E-state index in [1.54, 1.807) is 4.68 Å². The van der Waals surface area contributed by atoms with Gasteiger partial charge in [-0.25, -0.2) is 0 Å². The van der Waals surface area contributed by atoms with E-state index in [1.807, 2.05) is 44.2 Å². The third-order valence-electron chi connectivity index (χ3n) is 3.09. The fourth-order valence-electron chi connectivity index (χ4n) is 2.01. The van der Waals surface area contributed by atoms with E-state index < -0.39 is 0 Å². The van der Waals surface area contributed by atoms with Crippen LogP contribution in [0.1, 0.15) is 35.6 Å². The molecule has 3 nitrogen and oxygen atoms in total. The smallest absolute Gasteiger partial charge is 0.185 e. The molecule has 0 N–H and O–H groups in total. The Labute approximate surface area is 121 Å². The monoisotopic (exact) mass is 320 g/mol. The molecule has 0 saturated heterocycles. The van der Waals surface area contributed by atoms with Crippen LogP contribution in [0, 0.1) is 0 Å². The van der Waals surface area contributed by atoms with Gasteiger partial charge >= 0.3 is 0 Å². The second kappa shape index (κ2) is 6.15. The van der Waals surface area contributed by atoms with Gasteiger partial charge in [0.15, 0.2) is 5.78 Å². The Kier molecular flexibility index (Phi) is 4.53. The minimum absolute atomic E-state index is 0.112. The fourth-order valence-corrected chi connectivity index (χ4v) is 2.44. The van der Waals surface area contributed by atoms with Crippen molar-refractivity contribution < 1.29 is 4.79 Å². The van der Waals surface area contributed by atoms with Crippen LogP contribution in [0.25, 0.3) is 0 Å². The molecule has 0 spiro atoms. The largest absolute Gasteiger partial charge is 0.292 e. The molecule has 4 heteroatoms. The summed E-state index contributed by atoms with van der Waals surface area (Å²) in [7, 11) is 0. The number of nitrogens with zero attached hydrogens (tertiary/aromatic N) is 2. The standard InChI is InChI=1S/C15H17BrN2O/c1-3-12-10-14(18(4-2)17-12)15(19)9-11-7-5-6-8-13(11)16/h5-8,10H,3-4,9H2,1-2H3. The summed E-state index contributed by atoms with van der Waals surface area (Å²) in [5.74, 6) is 0.112. The van der Waals surface area contributed by atoms with Crippen molar-refractivity contribution in [1.82, 2.24) is 9.78 Å². The van der Waals surface area contributed by atoms with Gasteiger partial charge in [0.2, 0.25) is 0 Å². The minimum atomic E-state index is 0.112. The average Bonchev–Trinajstić information content (AvgIpc) is 2.84. The third kappa shape index (κ3) is 3.13. The zero-order valence-corrected chi connectivity index (χ0v) is 12.8. The number of carbonyl (C=O) groups is 1. The zero-order chi connectivity index (χ0) is 13.8. The van der Waals surface area contributed by atoms with Gasteiger partial charge in [-0.05, 0) is 31.0 Å². The molecule has 0 radical (unpaired) electrons. The van der Waals surface area contributed by atoms with Crippen LogP contribution < -0.4 is 0 Å². The lowest BCUT2D eigenvalue weighted by atomic mass is 10.1. The molecule has 1 aromatic heterocycles. The molecule has 0 atom stereocenters. The van der Waals surface area contributed by atoms with Gasteiger partial charge in [0.05, 0.1) is 5.69 Å². The number of halogens is 1. The number of aromatic nitrogens is 2. The van der Waals surface area contributed by atoms with Gasteiger partial charge in [-0.15, -0.1) is 0 Å². The first-order valence-electron chi connectivity index (χ1n) is 6.49. The summed E-state index contributed by atoms with van der Waals surface area (Å²) >= 11 is 3.48. The lowest BCUT2D eigenvalue weighted by Gasteiger charge is -2.05. The van der Waals surface area contributed by atoms with Gasteiger partial charge < -0.3 is 0 Å². The van der Waals surface area contributed by atoms with E-state index in [2.05, 4.69) is 21.0 Å². The van der Waals surface area contributed by atoms with Crippen LogP contribution in [0.2, 0.25) is 0 Å². The van der Waals surface area contributed by atoms with Gasteiger partial charge in [0, 0.05) is 17.4 Å². The first-order valence-corrected chi connectivity index (χ1v) is 7.28. The van der Waals surface area contributed by atoms with Crippen molar-refractivity contribution in [2.24, 2.45) is 0 Å². The van der Waals surface area contributed by atoms with Crippen molar-refractivity contribution in [2.75, 3.05) is 0 Å². The number of ketones is 1.